The van der Waals surface area contributed by atoms with Crippen LogP contribution in [-0.4, -0.2) is 17.4 Å². The van der Waals surface area contributed by atoms with Gasteiger partial charge in [0.2, 0.25) is 0 Å². The minimum atomic E-state index is -0.0698. The number of benzene rings is 1. The third kappa shape index (κ3) is 11.2. The Morgan fingerprint density at radius 1 is 0.771 bits per heavy atom. The summed E-state index contributed by atoms with van der Waals surface area (Å²) in [7, 11) is 0. The van der Waals surface area contributed by atoms with Crippen LogP contribution in [0.2, 0.25) is 0 Å². The molecule has 1 amide bonds. The van der Waals surface area contributed by atoms with Crippen LogP contribution in [0.15, 0.2) is 12.1 Å². The average molecular weight is 500 g/mol. The van der Waals surface area contributed by atoms with Crippen molar-refractivity contribution in [2.24, 2.45) is 0 Å². The zero-order valence-electron chi connectivity index (χ0n) is 23.0. The number of carbonyl (C=O) groups is 1. The van der Waals surface area contributed by atoms with Crippen LogP contribution in [0.4, 0.5) is 10.8 Å². The first kappa shape index (κ1) is 29.4. The summed E-state index contributed by atoms with van der Waals surface area (Å²) in [5.74, 6) is -0.0698. The molecule has 0 spiro atoms. The molecule has 1 heterocycles. The SMILES string of the molecule is CCCCCCCCCCCCCCCCNc1nc(C)c(C(=O)Nc2c(C)cc(C)cc2C)s1. The topological polar surface area (TPSA) is 54.0 Å². The standard InChI is InChI=1S/C30H49N3OS/c1-6-7-8-9-10-11-12-13-14-15-16-17-18-19-20-31-30-32-26(5)28(35-30)29(34)33-27-24(3)21-23(2)22-25(27)4/h21-22H,6-20H2,1-5H3,(H,31,32)(H,33,34). The van der Waals surface area contributed by atoms with E-state index in [9.17, 15) is 4.79 Å². The largest absolute Gasteiger partial charge is 0.361 e. The molecule has 0 aliphatic rings. The molecule has 2 rings (SSSR count). The minimum absolute atomic E-state index is 0.0698. The van der Waals surface area contributed by atoms with E-state index in [4.69, 9.17) is 0 Å². The zero-order valence-corrected chi connectivity index (χ0v) is 23.8. The van der Waals surface area contributed by atoms with Crippen molar-refractivity contribution in [2.75, 3.05) is 17.2 Å². The number of nitrogens with zero attached hydrogens (tertiary/aromatic N) is 1. The summed E-state index contributed by atoms with van der Waals surface area (Å²) in [4.78, 5) is 18.2. The van der Waals surface area contributed by atoms with Gasteiger partial charge in [-0.15, -0.1) is 0 Å². The van der Waals surface area contributed by atoms with Crippen LogP contribution in [-0.2, 0) is 0 Å². The maximum atomic E-state index is 12.9. The average Bonchev–Trinajstić information content (AvgIpc) is 3.19. The Kier molecular flexibility index (Phi) is 14.0. The molecule has 0 saturated carbocycles. The van der Waals surface area contributed by atoms with Crippen molar-refractivity contribution < 1.29 is 4.79 Å². The lowest BCUT2D eigenvalue weighted by molar-refractivity contribution is 0.102. The Bertz CT molecular complexity index is 867. The van der Waals surface area contributed by atoms with E-state index < -0.39 is 0 Å². The van der Waals surface area contributed by atoms with Gasteiger partial charge in [0.15, 0.2) is 5.13 Å². The summed E-state index contributed by atoms with van der Waals surface area (Å²) < 4.78 is 0. The van der Waals surface area contributed by atoms with E-state index in [1.165, 1.54) is 100 Å². The number of anilines is 2. The first-order chi connectivity index (χ1) is 16.9. The molecule has 2 N–H and O–H groups in total. The van der Waals surface area contributed by atoms with Crippen LogP contribution >= 0.6 is 11.3 Å². The zero-order chi connectivity index (χ0) is 25.5. The third-order valence-corrected chi connectivity index (χ3v) is 7.84. The van der Waals surface area contributed by atoms with E-state index in [2.05, 4.69) is 41.6 Å². The number of thiazole rings is 1. The van der Waals surface area contributed by atoms with Gasteiger partial charge in [-0.25, -0.2) is 4.98 Å². The van der Waals surface area contributed by atoms with Gasteiger partial charge < -0.3 is 10.6 Å². The Hall–Kier alpha value is -1.88. The highest BCUT2D eigenvalue weighted by atomic mass is 32.1. The highest BCUT2D eigenvalue weighted by Crippen LogP contribution is 2.27. The highest BCUT2D eigenvalue weighted by Gasteiger charge is 2.17. The van der Waals surface area contributed by atoms with Crippen molar-refractivity contribution in [3.8, 4) is 0 Å². The molecule has 1 aromatic heterocycles. The highest BCUT2D eigenvalue weighted by molar-refractivity contribution is 7.17. The smallest absolute Gasteiger partial charge is 0.267 e. The second-order valence-corrected chi connectivity index (χ2v) is 11.2. The van der Waals surface area contributed by atoms with Crippen molar-refractivity contribution in [1.29, 1.82) is 0 Å². The van der Waals surface area contributed by atoms with E-state index in [1.54, 1.807) is 0 Å². The Labute approximate surface area is 218 Å². The first-order valence-electron chi connectivity index (χ1n) is 14.0. The molecule has 0 aliphatic carbocycles. The van der Waals surface area contributed by atoms with Crippen LogP contribution in [0.3, 0.4) is 0 Å². The van der Waals surface area contributed by atoms with Crippen molar-refractivity contribution in [3.05, 3.63) is 39.4 Å². The Balaban J connectivity index is 1.56. The van der Waals surface area contributed by atoms with E-state index >= 15 is 0 Å². The van der Waals surface area contributed by atoms with Crippen LogP contribution in [0, 0.1) is 27.7 Å². The van der Waals surface area contributed by atoms with Crippen molar-refractivity contribution in [1.82, 2.24) is 4.98 Å². The number of rotatable bonds is 18. The van der Waals surface area contributed by atoms with Gasteiger partial charge in [-0.2, -0.15) is 0 Å². The van der Waals surface area contributed by atoms with Gasteiger partial charge in [0, 0.05) is 12.2 Å². The molecule has 0 unspecified atom stereocenters. The number of aromatic nitrogens is 1. The van der Waals surface area contributed by atoms with Gasteiger partial charge in [0.1, 0.15) is 4.88 Å². The molecular formula is C30H49N3OS. The van der Waals surface area contributed by atoms with Crippen molar-refractivity contribution >= 4 is 28.1 Å². The fourth-order valence-corrected chi connectivity index (χ4v) is 5.63. The number of aryl methyl sites for hydroxylation is 4. The van der Waals surface area contributed by atoms with Gasteiger partial charge >= 0.3 is 0 Å². The van der Waals surface area contributed by atoms with Crippen LogP contribution < -0.4 is 10.6 Å². The number of amides is 1. The van der Waals surface area contributed by atoms with Gasteiger partial charge in [-0.3, -0.25) is 4.79 Å². The molecule has 0 atom stereocenters. The number of hydrogen-bond acceptors (Lipinski definition) is 4. The van der Waals surface area contributed by atoms with E-state index in [0.29, 0.717) is 4.88 Å². The molecule has 0 aliphatic heterocycles. The summed E-state index contributed by atoms with van der Waals surface area (Å²) >= 11 is 1.45. The summed E-state index contributed by atoms with van der Waals surface area (Å²) in [5, 5.41) is 7.37. The summed E-state index contributed by atoms with van der Waals surface area (Å²) in [5.41, 5.74) is 5.09. The molecule has 4 nitrogen and oxygen atoms in total. The molecule has 0 radical (unpaired) electrons. The Morgan fingerprint density at radius 2 is 1.26 bits per heavy atom. The van der Waals surface area contributed by atoms with Crippen LogP contribution in [0.1, 0.15) is 129 Å². The quantitative estimate of drug-likeness (QED) is 0.201. The van der Waals surface area contributed by atoms with Crippen molar-refractivity contribution in [3.63, 3.8) is 0 Å². The Morgan fingerprint density at radius 3 is 1.77 bits per heavy atom. The lowest BCUT2D eigenvalue weighted by Gasteiger charge is -2.12. The molecule has 0 bridgehead atoms. The monoisotopic (exact) mass is 499 g/mol. The molecule has 196 valence electrons. The second-order valence-electron chi connectivity index (χ2n) is 10.2. The molecule has 0 saturated heterocycles. The number of carbonyl (C=O) groups excluding carboxylic acids is 1. The first-order valence-corrected chi connectivity index (χ1v) is 14.8. The predicted molar refractivity (Wildman–Crippen MR) is 154 cm³/mol. The van der Waals surface area contributed by atoms with Gasteiger partial charge in [-0.1, -0.05) is 119 Å². The number of unbranched alkanes of at least 4 members (excludes halogenated alkanes) is 13. The molecule has 5 heteroatoms. The van der Waals surface area contributed by atoms with Crippen molar-refractivity contribution in [2.45, 2.75) is 125 Å². The molecule has 0 fully saturated rings. The maximum Gasteiger partial charge on any atom is 0.267 e. The van der Waals surface area contributed by atoms with E-state index in [-0.39, 0.29) is 5.91 Å². The summed E-state index contributed by atoms with van der Waals surface area (Å²) in [6.07, 6.45) is 19.2. The summed E-state index contributed by atoms with van der Waals surface area (Å²) in [6.45, 7) is 11.3. The lowest BCUT2D eigenvalue weighted by atomic mass is 10.0. The predicted octanol–water partition coefficient (Wildman–Crippen LogP) is 9.52. The number of nitrogens with one attached hydrogen (secondary N) is 2. The van der Waals surface area contributed by atoms with Gasteiger partial charge in [-0.05, 0) is 45.2 Å². The molecular weight excluding hydrogens is 450 g/mol. The fourth-order valence-electron chi connectivity index (χ4n) is 4.75. The van der Waals surface area contributed by atoms with Crippen LogP contribution in [0.25, 0.3) is 0 Å². The van der Waals surface area contributed by atoms with Gasteiger partial charge in [0.25, 0.3) is 5.91 Å². The third-order valence-electron chi connectivity index (χ3n) is 6.72. The fraction of sp³-hybridized carbons (Fsp3) is 0.667. The molecule has 1 aromatic carbocycles. The maximum absolute atomic E-state index is 12.9. The van der Waals surface area contributed by atoms with E-state index in [1.807, 2.05) is 20.8 Å². The van der Waals surface area contributed by atoms with Crippen LogP contribution in [0.5, 0.6) is 0 Å². The van der Waals surface area contributed by atoms with Gasteiger partial charge in [0.05, 0.1) is 5.69 Å². The number of hydrogen-bond donors (Lipinski definition) is 2. The normalized spacial score (nSPS) is 11.1. The lowest BCUT2D eigenvalue weighted by Crippen LogP contribution is -2.13. The summed E-state index contributed by atoms with van der Waals surface area (Å²) in [6, 6.07) is 4.21. The van der Waals surface area contributed by atoms with E-state index in [0.717, 1.165) is 40.6 Å². The second kappa shape index (κ2) is 16.7. The minimum Gasteiger partial charge on any atom is -0.361 e. The molecule has 2 aromatic rings. The molecule has 35 heavy (non-hydrogen) atoms.